The van der Waals surface area contributed by atoms with Crippen molar-refractivity contribution in [3.05, 3.63) is 90.1 Å². The van der Waals surface area contributed by atoms with E-state index in [0.29, 0.717) is 19.1 Å². The van der Waals surface area contributed by atoms with Crippen LogP contribution in [0.25, 0.3) is 0 Å². The van der Waals surface area contributed by atoms with Gasteiger partial charge in [0.25, 0.3) is 0 Å². The zero-order valence-electron chi connectivity index (χ0n) is 16.6. The fourth-order valence-corrected chi connectivity index (χ4v) is 3.78. The summed E-state index contributed by atoms with van der Waals surface area (Å²) in [4.78, 5) is 6.72. The lowest BCUT2D eigenvalue weighted by Gasteiger charge is -2.41. The molecule has 0 aliphatic carbocycles. The zero-order chi connectivity index (χ0) is 19.9. The summed E-state index contributed by atoms with van der Waals surface area (Å²) < 4.78 is 17.5. The van der Waals surface area contributed by atoms with Crippen LogP contribution in [0.1, 0.15) is 17.2 Å². The third kappa shape index (κ3) is 4.94. The Morgan fingerprint density at radius 3 is 2.69 bits per heavy atom. The third-order valence-electron chi connectivity index (χ3n) is 5.15. The SMILES string of the molecule is COc1cccc(CN2CCOC(COc3ccccn3)C2c2ccccc2)c1. The van der Waals surface area contributed by atoms with E-state index in [-0.39, 0.29) is 12.1 Å². The molecule has 2 aromatic carbocycles. The Morgan fingerprint density at radius 1 is 1.03 bits per heavy atom. The first-order chi connectivity index (χ1) is 14.3. The van der Waals surface area contributed by atoms with Crippen molar-refractivity contribution >= 4 is 0 Å². The van der Waals surface area contributed by atoms with Crippen LogP contribution in [0.4, 0.5) is 0 Å². The summed E-state index contributed by atoms with van der Waals surface area (Å²) in [6.07, 6.45) is 1.65. The van der Waals surface area contributed by atoms with Crippen LogP contribution >= 0.6 is 0 Å². The van der Waals surface area contributed by atoms with Gasteiger partial charge in [0.1, 0.15) is 18.5 Å². The van der Waals surface area contributed by atoms with Crippen molar-refractivity contribution in [2.24, 2.45) is 0 Å². The molecule has 2 atom stereocenters. The molecule has 0 amide bonds. The van der Waals surface area contributed by atoms with Gasteiger partial charge in [0.15, 0.2) is 0 Å². The number of aromatic nitrogens is 1. The van der Waals surface area contributed by atoms with E-state index in [2.05, 4.69) is 46.3 Å². The van der Waals surface area contributed by atoms with Gasteiger partial charge in [0.2, 0.25) is 5.88 Å². The fraction of sp³-hybridized carbons (Fsp3) is 0.292. The number of benzene rings is 2. The van der Waals surface area contributed by atoms with Gasteiger partial charge in [-0.25, -0.2) is 4.98 Å². The Balaban J connectivity index is 1.55. The van der Waals surface area contributed by atoms with E-state index in [1.807, 2.05) is 36.4 Å². The third-order valence-corrected chi connectivity index (χ3v) is 5.15. The largest absolute Gasteiger partial charge is 0.497 e. The quantitative estimate of drug-likeness (QED) is 0.607. The summed E-state index contributed by atoms with van der Waals surface area (Å²) in [7, 11) is 1.70. The molecule has 5 nitrogen and oxygen atoms in total. The van der Waals surface area contributed by atoms with Crippen LogP contribution in [0, 0.1) is 0 Å². The standard InChI is InChI=1S/C24H26N2O3/c1-27-21-11-7-8-19(16-21)17-26-14-15-28-22(18-29-23-12-5-6-13-25-23)24(26)20-9-3-2-4-10-20/h2-13,16,22,24H,14-15,17-18H2,1H3. The zero-order valence-corrected chi connectivity index (χ0v) is 16.6. The maximum atomic E-state index is 6.16. The Labute approximate surface area is 171 Å². The van der Waals surface area contributed by atoms with E-state index in [4.69, 9.17) is 14.2 Å². The average Bonchev–Trinajstić information content (AvgIpc) is 2.79. The Kier molecular flexibility index (Phi) is 6.39. The molecule has 29 heavy (non-hydrogen) atoms. The Bertz CT molecular complexity index is 889. The number of nitrogens with zero attached hydrogens (tertiary/aromatic N) is 2. The monoisotopic (exact) mass is 390 g/mol. The van der Waals surface area contributed by atoms with Crippen molar-refractivity contribution in [2.75, 3.05) is 26.9 Å². The molecule has 4 rings (SSSR count). The molecule has 1 aliphatic heterocycles. The molecule has 1 aromatic heterocycles. The lowest BCUT2D eigenvalue weighted by Crippen LogP contribution is -2.47. The van der Waals surface area contributed by atoms with E-state index in [9.17, 15) is 0 Å². The normalized spacial score (nSPS) is 19.6. The van der Waals surface area contributed by atoms with Crippen LogP contribution in [0.2, 0.25) is 0 Å². The maximum Gasteiger partial charge on any atom is 0.213 e. The molecule has 0 spiro atoms. The van der Waals surface area contributed by atoms with Crippen molar-refractivity contribution < 1.29 is 14.2 Å². The summed E-state index contributed by atoms with van der Waals surface area (Å²) in [5.74, 6) is 1.50. The summed E-state index contributed by atoms with van der Waals surface area (Å²) in [6, 6.07) is 24.5. The van der Waals surface area contributed by atoms with Crippen molar-refractivity contribution in [1.29, 1.82) is 0 Å². The highest BCUT2D eigenvalue weighted by molar-refractivity contribution is 5.29. The van der Waals surface area contributed by atoms with Gasteiger partial charge in [-0.3, -0.25) is 4.90 Å². The Morgan fingerprint density at radius 2 is 1.90 bits per heavy atom. The van der Waals surface area contributed by atoms with Gasteiger partial charge in [0.05, 0.1) is 19.8 Å². The highest BCUT2D eigenvalue weighted by Crippen LogP contribution is 2.31. The molecular weight excluding hydrogens is 364 g/mol. The first-order valence-corrected chi connectivity index (χ1v) is 9.91. The molecule has 3 aromatic rings. The fourth-order valence-electron chi connectivity index (χ4n) is 3.78. The minimum absolute atomic E-state index is 0.0845. The molecule has 0 bridgehead atoms. The van der Waals surface area contributed by atoms with Gasteiger partial charge in [-0.15, -0.1) is 0 Å². The average molecular weight is 390 g/mol. The van der Waals surface area contributed by atoms with Gasteiger partial charge in [0, 0.05) is 25.4 Å². The molecule has 2 unspecified atom stereocenters. The number of hydrogen-bond acceptors (Lipinski definition) is 5. The lowest BCUT2D eigenvalue weighted by atomic mass is 9.97. The predicted octanol–water partition coefficient (Wildman–Crippen LogP) is 4.11. The maximum absolute atomic E-state index is 6.16. The number of rotatable bonds is 7. The smallest absolute Gasteiger partial charge is 0.213 e. The van der Waals surface area contributed by atoms with E-state index in [0.717, 1.165) is 18.8 Å². The van der Waals surface area contributed by atoms with Crippen LogP contribution in [-0.2, 0) is 11.3 Å². The highest BCUT2D eigenvalue weighted by atomic mass is 16.5. The van der Waals surface area contributed by atoms with Crippen LogP contribution in [0.3, 0.4) is 0 Å². The van der Waals surface area contributed by atoms with E-state index < -0.39 is 0 Å². The van der Waals surface area contributed by atoms with Crippen LogP contribution in [-0.4, -0.2) is 42.9 Å². The topological polar surface area (TPSA) is 43.8 Å². The molecular formula is C24H26N2O3. The summed E-state index contributed by atoms with van der Waals surface area (Å²) in [5.41, 5.74) is 2.45. The highest BCUT2D eigenvalue weighted by Gasteiger charge is 2.34. The molecule has 1 saturated heterocycles. The second kappa shape index (κ2) is 9.54. The van der Waals surface area contributed by atoms with Crippen LogP contribution in [0.15, 0.2) is 79.0 Å². The van der Waals surface area contributed by atoms with Crippen molar-refractivity contribution in [2.45, 2.75) is 18.7 Å². The van der Waals surface area contributed by atoms with Crippen molar-refractivity contribution in [1.82, 2.24) is 9.88 Å². The van der Waals surface area contributed by atoms with Crippen molar-refractivity contribution in [3.8, 4) is 11.6 Å². The summed E-state index contributed by atoms with van der Waals surface area (Å²) in [5, 5.41) is 0. The minimum Gasteiger partial charge on any atom is -0.497 e. The summed E-state index contributed by atoms with van der Waals surface area (Å²) in [6.45, 7) is 2.80. The number of pyridine rings is 1. The summed E-state index contributed by atoms with van der Waals surface area (Å²) >= 11 is 0. The number of morpholine rings is 1. The van der Waals surface area contributed by atoms with E-state index >= 15 is 0 Å². The predicted molar refractivity (Wildman–Crippen MR) is 112 cm³/mol. The lowest BCUT2D eigenvalue weighted by molar-refractivity contribution is -0.0925. The van der Waals surface area contributed by atoms with Crippen LogP contribution in [0.5, 0.6) is 11.6 Å². The van der Waals surface area contributed by atoms with Gasteiger partial charge >= 0.3 is 0 Å². The second-order valence-electron chi connectivity index (χ2n) is 7.07. The van der Waals surface area contributed by atoms with Crippen molar-refractivity contribution in [3.63, 3.8) is 0 Å². The van der Waals surface area contributed by atoms with Gasteiger partial charge in [-0.2, -0.15) is 0 Å². The second-order valence-corrected chi connectivity index (χ2v) is 7.07. The van der Waals surface area contributed by atoms with Gasteiger partial charge in [-0.1, -0.05) is 48.5 Å². The molecule has 1 fully saturated rings. The van der Waals surface area contributed by atoms with Crippen LogP contribution < -0.4 is 9.47 Å². The number of ether oxygens (including phenoxy) is 3. The molecule has 0 radical (unpaired) electrons. The first kappa shape index (κ1) is 19.4. The Hall–Kier alpha value is -2.89. The molecule has 2 heterocycles. The molecule has 0 saturated carbocycles. The van der Waals surface area contributed by atoms with Gasteiger partial charge < -0.3 is 14.2 Å². The number of hydrogen-bond donors (Lipinski definition) is 0. The molecule has 0 N–H and O–H groups in total. The van der Waals surface area contributed by atoms with E-state index in [1.54, 1.807) is 13.3 Å². The van der Waals surface area contributed by atoms with Gasteiger partial charge in [-0.05, 0) is 29.3 Å². The molecule has 150 valence electrons. The number of methoxy groups -OCH3 is 1. The molecule has 5 heteroatoms. The minimum atomic E-state index is -0.0845. The molecule has 1 aliphatic rings. The first-order valence-electron chi connectivity index (χ1n) is 9.91. The van der Waals surface area contributed by atoms with E-state index in [1.165, 1.54) is 11.1 Å².